The van der Waals surface area contributed by atoms with Gasteiger partial charge in [0.15, 0.2) is 0 Å². The van der Waals surface area contributed by atoms with Crippen molar-refractivity contribution in [2.24, 2.45) is 0 Å². The van der Waals surface area contributed by atoms with E-state index in [9.17, 15) is 4.79 Å². The first-order valence-corrected chi connectivity index (χ1v) is 5.21. The molecule has 1 aromatic rings. The Morgan fingerprint density at radius 1 is 1.60 bits per heavy atom. The van der Waals surface area contributed by atoms with E-state index in [1.165, 1.54) is 0 Å². The second kappa shape index (κ2) is 4.40. The van der Waals surface area contributed by atoms with Gasteiger partial charge in [0.1, 0.15) is 5.69 Å². The quantitative estimate of drug-likeness (QED) is 0.727. The number of nitrogens with one attached hydrogen (secondary N) is 1. The second-order valence-corrected chi connectivity index (χ2v) is 3.82. The molecule has 15 heavy (non-hydrogen) atoms. The summed E-state index contributed by atoms with van der Waals surface area (Å²) in [5.41, 5.74) is 0.534. The van der Waals surface area contributed by atoms with Crippen LogP contribution in [0.2, 0.25) is 0 Å². The third-order valence-electron chi connectivity index (χ3n) is 2.54. The van der Waals surface area contributed by atoms with Crippen LogP contribution >= 0.6 is 0 Å². The Bertz CT molecular complexity index is 339. The fourth-order valence-corrected chi connectivity index (χ4v) is 1.77. The minimum Gasteiger partial charge on any atom is -0.334 e. The molecule has 1 N–H and O–H groups in total. The number of carbonyl (C=O) groups excluding carboxylic acids is 1. The first kappa shape index (κ1) is 10.1. The van der Waals surface area contributed by atoms with Crippen molar-refractivity contribution < 1.29 is 4.79 Å². The highest BCUT2D eigenvalue weighted by atomic mass is 16.2. The maximum Gasteiger partial charge on any atom is 0.272 e. The molecule has 1 amide bonds. The molecular weight excluding hydrogens is 190 g/mol. The number of piperazine rings is 1. The molecule has 1 fully saturated rings. The van der Waals surface area contributed by atoms with E-state index in [1.54, 1.807) is 12.3 Å². The van der Waals surface area contributed by atoms with Gasteiger partial charge in [0.25, 0.3) is 5.91 Å². The number of carbonyl (C=O) groups is 1. The van der Waals surface area contributed by atoms with Crippen molar-refractivity contribution >= 4 is 5.91 Å². The van der Waals surface area contributed by atoms with Gasteiger partial charge in [0, 0.05) is 31.9 Å². The van der Waals surface area contributed by atoms with Crippen LogP contribution < -0.4 is 5.32 Å². The summed E-state index contributed by atoms with van der Waals surface area (Å²) in [4.78, 5) is 17.9. The van der Waals surface area contributed by atoms with Gasteiger partial charge in [-0.05, 0) is 19.1 Å². The molecule has 0 aliphatic carbocycles. The van der Waals surface area contributed by atoms with Gasteiger partial charge in [0.05, 0.1) is 0 Å². The lowest BCUT2D eigenvalue weighted by atomic mass is 10.2. The third kappa shape index (κ3) is 2.33. The summed E-state index contributed by atoms with van der Waals surface area (Å²) in [5.74, 6) is 0.0314. The third-order valence-corrected chi connectivity index (χ3v) is 2.54. The molecule has 0 bridgehead atoms. The summed E-state index contributed by atoms with van der Waals surface area (Å²) >= 11 is 0. The lowest BCUT2D eigenvalue weighted by Crippen LogP contribution is -2.51. The van der Waals surface area contributed by atoms with E-state index < -0.39 is 0 Å². The molecule has 80 valence electrons. The van der Waals surface area contributed by atoms with E-state index in [2.05, 4.69) is 17.2 Å². The van der Waals surface area contributed by atoms with Crippen LogP contribution in [0.1, 0.15) is 17.4 Å². The Morgan fingerprint density at radius 2 is 2.47 bits per heavy atom. The number of hydrogen-bond acceptors (Lipinski definition) is 3. The number of aromatic nitrogens is 1. The minimum atomic E-state index is 0.0314. The van der Waals surface area contributed by atoms with Crippen LogP contribution in [0, 0.1) is 0 Å². The zero-order chi connectivity index (χ0) is 10.7. The van der Waals surface area contributed by atoms with Crippen molar-refractivity contribution in [2.45, 2.75) is 13.0 Å². The topological polar surface area (TPSA) is 45.2 Å². The molecule has 2 heterocycles. The predicted octanol–water partition coefficient (Wildman–Crippen LogP) is 0.515. The molecule has 4 nitrogen and oxygen atoms in total. The van der Waals surface area contributed by atoms with Gasteiger partial charge in [-0.3, -0.25) is 9.78 Å². The summed E-state index contributed by atoms with van der Waals surface area (Å²) in [7, 11) is 0. The van der Waals surface area contributed by atoms with Gasteiger partial charge in [-0.2, -0.15) is 0 Å². The van der Waals surface area contributed by atoms with Gasteiger partial charge in [-0.15, -0.1) is 0 Å². The zero-order valence-corrected chi connectivity index (χ0v) is 8.81. The van der Waals surface area contributed by atoms with Crippen LogP contribution in [0.15, 0.2) is 24.4 Å². The van der Waals surface area contributed by atoms with E-state index >= 15 is 0 Å². The molecular formula is C11H15N3O. The molecule has 4 heteroatoms. The maximum atomic E-state index is 12.0. The second-order valence-electron chi connectivity index (χ2n) is 3.82. The number of pyridine rings is 1. The maximum absolute atomic E-state index is 12.0. The summed E-state index contributed by atoms with van der Waals surface area (Å²) in [6.07, 6.45) is 1.65. The first-order chi connectivity index (χ1) is 7.27. The zero-order valence-electron chi connectivity index (χ0n) is 8.81. The monoisotopic (exact) mass is 205 g/mol. The molecule has 0 aromatic carbocycles. The summed E-state index contributed by atoms with van der Waals surface area (Å²) in [5, 5.41) is 3.30. The van der Waals surface area contributed by atoms with E-state index in [-0.39, 0.29) is 5.91 Å². The predicted molar refractivity (Wildman–Crippen MR) is 57.6 cm³/mol. The lowest BCUT2D eigenvalue weighted by Gasteiger charge is -2.31. The van der Waals surface area contributed by atoms with Crippen molar-refractivity contribution in [3.8, 4) is 0 Å². The van der Waals surface area contributed by atoms with Crippen LogP contribution in [0.5, 0.6) is 0 Å². The molecule has 0 saturated carbocycles. The van der Waals surface area contributed by atoms with Crippen molar-refractivity contribution in [1.29, 1.82) is 0 Å². The van der Waals surface area contributed by atoms with E-state index in [4.69, 9.17) is 0 Å². The number of rotatable bonds is 1. The molecule has 1 aliphatic rings. The standard InChI is InChI=1S/C11H15N3O/c1-9-8-14(7-6-12-9)11(15)10-4-2-3-5-13-10/h2-5,9,12H,6-8H2,1H3. The largest absolute Gasteiger partial charge is 0.334 e. The minimum absolute atomic E-state index is 0.0314. The fourth-order valence-electron chi connectivity index (χ4n) is 1.77. The number of hydrogen-bond donors (Lipinski definition) is 1. The Balaban J connectivity index is 2.08. The molecule has 1 saturated heterocycles. The van der Waals surface area contributed by atoms with Crippen LogP contribution in [0.3, 0.4) is 0 Å². The average Bonchev–Trinajstić information content (AvgIpc) is 2.29. The van der Waals surface area contributed by atoms with E-state index in [0.29, 0.717) is 11.7 Å². The Morgan fingerprint density at radius 3 is 3.13 bits per heavy atom. The molecule has 0 radical (unpaired) electrons. The lowest BCUT2D eigenvalue weighted by molar-refractivity contribution is 0.0703. The molecule has 1 aliphatic heterocycles. The van der Waals surface area contributed by atoms with Gasteiger partial charge in [-0.1, -0.05) is 6.07 Å². The number of nitrogens with zero attached hydrogens (tertiary/aromatic N) is 2. The van der Waals surface area contributed by atoms with Crippen molar-refractivity contribution in [1.82, 2.24) is 15.2 Å². The van der Waals surface area contributed by atoms with E-state index in [1.807, 2.05) is 17.0 Å². The smallest absolute Gasteiger partial charge is 0.272 e. The van der Waals surface area contributed by atoms with Gasteiger partial charge < -0.3 is 10.2 Å². The van der Waals surface area contributed by atoms with E-state index in [0.717, 1.165) is 19.6 Å². The molecule has 1 atom stereocenters. The summed E-state index contributed by atoms with van der Waals surface area (Å²) < 4.78 is 0. The molecule has 1 aromatic heterocycles. The fraction of sp³-hybridized carbons (Fsp3) is 0.455. The Kier molecular flexibility index (Phi) is 2.97. The summed E-state index contributed by atoms with van der Waals surface area (Å²) in [6, 6.07) is 5.78. The molecule has 2 rings (SSSR count). The SMILES string of the molecule is CC1CN(C(=O)c2ccccn2)CCN1. The highest BCUT2D eigenvalue weighted by Gasteiger charge is 2.21. The van der Waals surface area contributed by atoms with Crippen molar-refractivity contribution in [2.75, 3.05) is 19.6 Å². The first-order valence-electron chi connectivity index (χ1n) is 5.21. The van der Waals surface area contributed by atoms with Crippen LogP contribution in [-0.2, 0) is 0 Å². The average molecular weight is 205 g/mol. The van der Waals surface area contributed by atoms with Crippen LogP contribution in [-0.4, -0.2) is 41.5 Å². The van der Waals surface area contributed by atoms with Gasteiger partial charge in [-0.25, -0.2) is 0 Å². The Hall–Kier alpha value is -1.42. The number of amides is 1. The summed E-state index contributed by atoms with van der Waals surface area (Å²) in [6.45, 7) is 4.47. The molecule has 0 spiro atoms. The molecule has 1 unspecified atom stereocenters. The normalized spacial score (nSPS) is 21.4. The van der Waals surface area contributed by atoms with Gasteiger partial charge in [0.2, 0.25) is 0 Å². The van der Waals surface area contributed by atoms with Gasteiger partial charge >= 0.3 is 0 Å². The highest BCUT2D eigenvalue weighted by Crippen LogP contribution is 2.05. The van der Waals surface area contributed by atoms with Crippen LogP contribution in [0.4, 0.5) is 0 Å². The highest BCUT2D eigenvalue weighted by molar-refractivity contribution is 5.92. The van der Waals surface area contributed by atoms with Crippen molar-refractivity contribution in [3.63, 3.8) is 0 Å². The van der Waals surface area contributed by atoms with Crippen LogP contribution in [0.25, 0.3) is 0 Å². The van der Waals surface area contributed by atoms with Crippen molar-refractivity contribution in [3.05, 3.63) is 30.1 Å². The Labute approximate surface area is 89.3 Å².